The summed E-state index contributed by atoms with van der Waals surface area (Å²) in [7, 11) is 0. The Morgan fingerprint density at radius 2 is 1.89 bits per heavy atom. The van der Waals surface area contributed by atoms with E-state index in [1.165, 1.54) is 11.3 Å². The van der Waals surface area contributed by atoms with Crippen molar-refractivity contribution < 1.29 is 9.53 Å². The van der Waals surface area contributed by atoms with E-state index in [1.807, 2.05) is 48.7 Å². The lowest BCUT2D eigenvalue weighted by molar-refractivity contribution is -0.116. The van der Waals surface area contributed by atoms with Crippen LogP contribution in [0.25, 0.3) is 0 Å². The number of aromatic nitrogens is 1. The molecule has 142 valence electrons. The number of hydrogen-bond acceptors (Lipinski definition) is 4. The Bertz CT molecular complexity index is 942. The molecule has 2 heterocycles. The van der Waals surface area contributed by atoms with Crippen LogP contribution in [0, 0.1) is 0 Å². The first-order valence-corrected chi connectivity index (χ1v) is 9.51. The summed E-state index contributed by atoms with van der Waals surface area (Å²) >= 11 is 0. The molecule has 5 heteroatoms. The maximum atomic E-state index is 12.1. The van der Waals surface area contributed by atoms with Gasteiger partial charge in [-0.25, -0.2) is 4.98 Å². The van der Waals surface area contributed by atoms with Crippen molar-refractivity contribution in [3.05, 3.63) is 78.5 Å². The lowest BCUT2D eigenvalue weighted by Gasteiger charge is -2.24. The molecule has 1 aromatic heterocycles. The minimum atomic E-state index is -0.115. The first kappa shape index (κ1) is 18.0. The van der Waals surface area contributed by atoms with Crippen LogP contribution in [0.5, 0.6) is 5.75 Å². The molecule has 0 spiro atoms. The number of pyridine rings is 1. The van der Waals surface area contributed by atoms with Crippen molar-refractivity contribution in [2.24, 2.45) is 0 Å². The highest BCUT2D eigenvalue weighted by molar-refractivity contribution is 5.90. The van der Waals surface area contributed by atoms with Gasteiger partial charge in [-0.2, -0.15) is 0 Å². The maximum Gasteiger partial charge on any atom is 0.228 e. The minimum absolute atomic E-state index is 0.115. The van der Waals surface area contributed by atoms with Crippen molar-refractivity contribution >= 4 is 23.1 Å². The molecule has 0 saturated heterocycles. The lowest BCUT2D eigenvalue weighted by atomic mass is 10.1. The normalized spacial score (nSPS) is 15.2. The molecular formula is C23H23N3O2. The highest BCUT2D eigenvalue weighted by Crippen LogP contribution is 2.37. The zero-order valence-electron chi connectivity index (χ0n) is 15.8. The third-order valence-corrected chi connectivity index (χ3v) is 4.84. The van der Waals surface area contributed by atoms with Gasteiger partial charge in [0, 0.05) is 11.7 Å². The number of carbonyl (C=O) groups excluding carboxylic acids is 1. The van der Waals surface area contributed by atoms with Crippen LogP contribution in [0.4, 0.5) is 17.2 Å². The second-order valence-corrected chi connectivity index (χ2v) is 6.91. The molecule has 5 nitrogen and oxygen atoms in total. The van der Waals surface area contributed by atoms with E-state index < -0.39 is 0 Å². The summed E-state index contributed by atoms with van der Waals surface area (Å²) in [5.74, 6) is 1.20. The average Bonchev–Trinajstić information content (AvgIpc) is 3.05. The standard InChI is InChI=1S/C23H23N3O2/c1-17-15-18-7-5-6-10-21(18)26(17)19-11-12-22(24-16-19)25-23(27)13-14-28-20-8-3-2-4-9-20/h2-12,16-17H,13-15H2,1H3,(H,24,25,27). The van der Waals surface area contributed by atoms with Crippen LogP contribution in [-0.4, -0.2) is 23.5 Å². The SMILES string of the molecule is CC1Cc2ccccc2N1c1ccc(NC(=O)CCOc2ccccc2)nc1. The number of carbonyl (C=O) groups is 1. The Morgan fingerprint density at radius 3 is 2.68 bits per heavy atom. The highest BCUT2D eigenvalue weighted by atomic mass is 16.5. The molecule has 0 fully saturated rings. The van der Waals surface area contributed by atoms with Gasteiger partial charge in [-0.15, -0.1) is 0 Å². The van der Waals surface area contributed by atoms with Gasteiger partial charge in [0.1, 0.15) is 11.6 Å². The summed E-state index contributed by atoms with van der Waals surface area (Å²) in [5.41, 5.74) is 3.61. The van der Waals surface area contributed by atoms with Gasteiger partial charge >= 0.3 is 0 Å². The van der Waals surface area contributed by atoms with Crippen molar-refractivity contribution in [2.45, 2.75) is 25.8 Å². The van der Waals surface area contributed by atoms with E-state index in [9.17, 15) is 4.79 Å². The molecule has 0 bridgehead atoms. The number of nitrogens with one attached hydrogen (secondary N) is 1. The topological polar surface area (TPSA) is 54.5 Å². The third kappa shape index (κ3) is 3.98. The zero-order valence-corrected chi connectivity index (χ0v) is 15.8. The van der Waals surface area contributed by atoms with Gasteiger partial charge in [0.25, 0.3) is 0 Å². The largest absolute Gasteiger partial charge is 0.493 e. The summed E-state index contributed by atoms with van der Waals surface area (Å²) in [5, 5.41) is 2.83. The van der Waals surface area contributed by atoms with Crippen molar-refractivity contribution in [3.8, 4) is 5.75 Å². The average molecular weight is 373 g/mol. The van der Waals surface area contributed by atoms with Crippen molar-refractivity contribution in [3.63, 3.8) is 0 Å². The molecule has 1 N–H and O–H groups in total. The van der Waals surface area contributed by atoms with E-state index in [4.69, 9.17) is 4.74 Å². The molecule has 0 saturated carbocycles. The number of para-hydroxylation sites is 2. The van der Waals surface area contributed by atoms with Gasteiger partial charge in [-0.3, -0.25) is 4.79 Å². The van der Waals surface area contributed by atoms with Gasteiger partial charge in [0.2, 0.25) is 5.91 Å². The van der Waals surface area contributed by atoms with Crippen LogP contribution >= 0.6 is 0 Å². The smallest absolute Gasteiger partial charge is 0.228 e. The summed E-state index contributed by atoms with van der Waals surface area (Å²) in [6.45, 7) is 2.54. The fourth-order valence-electron chi connectivity index (χ4n) is 3.55. The number of hydrogen-bond donors (Lipinski definition) is 1. The molecule has 3 aromatic rings. The number of anilines is 3. The second kappa shape index (κ2) is 8.13. The molecule has 2 aromatic carbocycles. The minimum Gasteiger partial charge on any atom is -0.493 e. The third-order valence-electron chi connectivity index (χ3n) is 4.84. The number of amides is 1. The van der Waals surface area contributed by atoms with Gasteiger partial charge < -0.3 is 15.0 Å². The van der Waals surface area contributed by atoms with Crippen LogP contribution in [0.1, 0.15) is 18.9 Å². The maximum absolute atomic E-state index is 12.1. The van der Waals surface area contributed by atoms with Crippen LogP contribution < -0.4 is 15.0 Å². The van der Waals surface area contributed by atoms with Gasteiger partial charge in [0.05, 0.1) is 24.9 Å². The summed E-state index contributed by atoms with van der Waals surface area (Å²) in [6, 6.07) is 22.2. The Labute approximate surface area is 165 Å². The van der Waals surface area contributed by atoms with Crippen molar-refractivity contribution in [1.29, 1.82) is 0 Å². The van der Waals surface area contributed by atoms with Crippen LogP contribution in [0.15, 0.2) is 72.9 Å². The molecule has 1 atom stereocenters. The fourth-order valence-corrected chi connectivity index (χ4v) is 3.55. The van der Waals surface area contributed by atoms with E-state index in [1.54, 1.807) is 0 Å². The highest BCUT2D eigenvalue weighted by Gasteiger charge is 2.26. The molecule has 1 aliphatic rings. The molecule has 4 rings (SSSR count). The first-order chi connectivity index (χ1) is 13.7. The van der Waals surface area contributed by atoms with E-state index >= 15 is 0 Å². The van der Waals surface area contributed by atoms with E-state index in [2.05, 4.69) is 46.4 Å². The number of rotatable bonds is 6. The molecule has 0 aliphatic carbocycles. The Balaban J connectivity index is 1.34. The Kier molecular flexibility index (Phi) is 5.24. The fraction of sp³-hybridized carbons (Fsp3) is 0.217. The van der Waals surface area contributed by atoms with Gasteiger partial charge in [0.15, 0.2) is 0 Å². The van der Waals surface area contributed by atoms with Crippen LogP contribution in [0.2, 0.25) is 0 Å². The van der Waals surface area contributed by atoms with E-state index in [-0.39, 0.29) is 12.3 Å². The molecular weight excluding hydrogens is 350 g/mol. The van der Waals surface area contributed by atoms with Crippen molar-refractivity contribution in [2.75, 3.05) is 16.8 Å². The van der Waals surface area contributed by atoms with Crippen LogP contribution in [-0.2, 0) is 11.2 Å². The summed E-state index contributed by atoms with van der Waals surface area (Å²) < 4.78 is 5.56. The monoisotopic (exact) mass is 373 g/mol. The Hall–Kier alpha value is -3.34. The lowest BCUT2D eigenvalue weighted by Crippen LogP contribution is -2.24. The van der Waals surface area contributed by atoms with E-state index in [0.29, 0.717) is 18.5 Å². The van der Waals surface area contributed by atoms with Gasteiger partial charge in [-0.1, -0.05) is 36.4 Å². The Morgan fingerprint density at radius 1 is 1.11 bits per heavy atom. The molecule has 1 aliphatic heterocycles. The van der Waals surface area contributed by atoms with Gasteiger partial charge in [-0.05, 0) is 49.2 Å². The number of fused-ring (bicyclic) bond motifs is 1. The van der Waals surface area contributed by atoms with Crippen LogP contribution in [0.3, 0.4) is 0 Å². The van der Waals surface area contributed by atoms with E-state index in [0.717, 1.165) is 17.9 Å². The number of ether oxygens (including phenoxy) is 1. The molecule has 1 amide bonds. The quantitative estimate of drug-likeness (QED) is 0.688. The first-order valence-electron chi connectivity index (χ1n) is 9.51. The number of nitrogens with zero attached hydrogens (tertiary/aromatic N) is 2. The molecule has 0 radical (unpaired) electrons. The summed E-state index contributed by atoms with van der Waals surface area (Å²) in [4.78, 5) is 18.8. The summed E-state index contributed by atoms with van der Waals surface area (Å²) in [6.07, 6.45) is 3.11. The molecule has 1 unspecified atom stereocenters. The molecule has 28 heavy (non-hydrogen) atoms. The predicted octanol–water partition coefficient (Wildman–Crippen LogP) is 4.57. The second-order valence-electron chi connectivity index (χ2n) is 6.91. The predicted molar refractivity (Wildman–Crippen MR) is 111 cm³/mol. The number of benzene rings is 2. The van der Waals surface area contributed by atoms with Crippen molar-refractivity contribution in [1.82, 2.24) is 4.98 Å². The zero-order chi connectivity index (χ0) is 19.3.